The topological polar surface area (TPSA) is 75.7 Å². The van der Waals surface area contributed by atoms with Gasteiger partial charge in [-0.25, -0.2) is 8.78 Å². The molecule has 0 spiro atoms. The van der Waals surface area contributed by atoms with Crippen LogP contribution in [-0.4, -0.2) is 42.4 Å². The molecule has 0 aliphatic carbocycles. The van der Waals surface area contributed by atoms with Crippen molar-refractivity contribution >= 4 is 29.5 Å². The van der Waals surface area contributed by atoms with Gasteiger partial charge in [-0.15, -0.1) is 0 Å². The number of nitrogens with one attached hydrogen (secondary N) is 1. The number of anilines is 1. The third kappa shape index (κ3) is 6.47. The normalized spacial score (nSPS) is 14.5. The molecule has 1 aliphatic rings. The standard InChI is InChI=1S/C23H22F2N2O4/c24-18-7-8-19(25)20(14-18)26-21(28)15-31-23(30)17-10-12-27(13-11-17)22(29)9-6-16-4-2-1-3-5-16/h1-9,14,17H,10-13,15H2,(H,26,28)/b9-6+. The van der Waals surface area contributed by atoms with Gasteiger partial charge in [0.25, 0.3) is 5.91 Å². The summed E-state index contributed by atoms with van der Waals surface area (Å²) in [6.07, 6.45) is 4.08. The number of carbonyl (C=O) groups is 3. The molecule has 1 saturated heterocycles. The smallest absolute Gasteiger partial charge is 0.309 e. The Morgan fingerprint density at radius 1 is 1.06 bits per heavy atom. The van der Waals surface area contributed by atoms with E-state index in [9.17, 15) is 23.2 Å². The Balaban J connectivity index is 1.41. The minimum absolute atomic E-state index is 0.132. The summed E-state index contributed by atoms with van der Waals surface area (Å²) in [5.74, 6) is -3.38. The van der Waals surface area contributed by atoms with E-state index in [0.29, 0.717) is 25.9 Å². The van der Waals surface area contributed by atoms with Gasteiger partial charge < -0.3 is 15.0 Å². The molecule has 6 nitrogen and oxygen atoms in total. The van der Waals surface area contributed by atoms with Crippen LogP contribution in [0.15, 0.2) is 54.6 Å². The third-order valence-corrected chi connectivity index (χ3v) is 4.91. The van der Waals surface area contributed by atoms with Crippen molar-refractivity contribution in [3.05, 3.63) is 71.8 Å². The summed E-state index contributed by atoms with van der Waals surface area (Å²) in [6.45, 7) is 0.199. The molecule has 8 heteroatoms. The first-order chi connectivity index (χ1) is 14.9. The van der Waals surface area contributed by atoms with Crippen LogP contribution in [0.3, 0.4) is 0 Å². The monoisotopic (exact) mass is 428 g/mol. The Labute approximate surface area is 178 Å². The zero-order valence-corrected chi connectivity index (χ0v) is 16.7. The van der Waals surface area contributed by atoms with Gasteiger partial charge >= 0.3 is 5.97 Å². The molecule has 31 heavy (non-hydrogen) atoms. The van der Waals surface area contributed by atoms with E-state index in [-0.39, 0.29) is 11.6 Å². The maximum Gasteiger partial charge on any atom is 0.309 e. The number of amides is 2. The summed E-state index contributed by atoms with van der Waals surface area (Å²) in [5.41, 5.74) is 0.599. The summed E-state index contributed by atoms with van der Waals surface area (Å²) >= 11 is 0. The molecule has 2 aromatic carbocycles. The van der Waals surface area contributed by atoms with Gasteiger partial charge in [0.1, 0.15) is 11.6 Å². The highest BCUT2D eigenvalue weighted by atomic mass is 19.1. The van der Waals surface area contributed by atoms with Crippen molar-refractivity contribution in [1.29, 1.82) is 0 Å². The SMILES string of the molecule is O=C(COC(=O)C1CCN(C(=O)/C=C/c2ccccc2)CC1)Nc1cc(F)ccc1F. The van der Waals surface area contributed by atoms with Crippen molar-refractivity contribution in [1.82, 2.24) is 4.90 Å². The number of piperidine rings is 1. The highest BCUT2D eigenvalue weighted by molar-refractivity contribution is 5.93. The molecule has 1 fully saturated rings. The minimum atomic E-state index is -0.792. The zero-order chi connectivity index (χ0) is 22.2. The maximum atomic E-state index is 13.5. The molecule has 0 bridgehead atoms. The first-order valence-electron chi connectivity index (χ1n) is 9.86. The number of nitrogens with zero attached hydrogens (tertiary/aromatic N) is 1. The molecule has 0 saturated carbocycles. The second-order valence-electron chi connectivity index (χ2n) is 7.12. The van der Waals surface area contributed by atoms with Crippen LogP contribution in [0.2, 0.25) is 0 Å². The van der Waals surface area contributed by atoms with Crippen LogP contribution >= 0.6 is 0 Å². The Bertz CT molecular complexity index is 971. The fourth-order valence-corrected chi connectivity index (χ4v) is 3.21. The van der Waals surface area contributed by atoms with E-state index in [1.54, 1.807) is 11.0 Å². The predicted octanol–water partition coefficient (Wildman–Crippen LogP) is 3.40. The fraction of sp³-hybridized carbons (Fsp3) is 0.261. The summed E-state index contributed by atoms with van der Waals surface area (Å²) in [6, 6.07) is 12.1. The van der Waals surface area contributed by atoms with Crippen LogP contribution in [0.1, 0.15) is 18.4 Å². The number of hydrogen-bond donors (Lipinski definition) is 1. The van der Waals surface area contributed by atoms with E-state index in [1.807, 2.05) is 30.3 Å². The van der Waals surface area contributed by atoms with Crippen molar-refractivity contribution in [3.8, 4) is 0 Å². The van der Waals surface area contributed by atoms with Gasteiger partial charge in [-0.1, -0.05) is 30.3 Å². The number of carbonyl (C=O) groups excluding carboxylic acids is 3. The molecule has 1 aliphatic heterocycles. The average molecular weight is 428 g/mol. The molecule has 162 valence electrons. The van der Waals surface area contributed by atoms with Crippen LogP contribution in [0.4, 0.5) is 14.5 Å². The Hall–Kier alpha value is -3.55. The number of likely N-dealkylation sites (tertiary alicyclic amines) is 1. The number of hydrogen-bond acceptors (Lipinski definition) is 4. The summed E-state index contributed by atoms with van der Waals surface area (Å²) in [5, 5.41) is 2.17. The van der Waals surface area contributed by atoms with E-state index >= 15 is 0 Å². The summed E-state index contributed by atoms with van der Waals surface area (Å²) in [7, 11) is 0. The molecule has 3 rings (SSSR count). The maximum absolute atomic E-state index is 13.5. The third-order valence-electron chi connectivity index (χ3n) is 4.91. The molecule has 1 heterocycles. The number of halogens is 2. The number of esters is 1. The summed E-state index contributed by atoms with van der Waals surface area (Å²) < 4.78 is 31.7. The van der Waals surface area contributed by atoms with Crippen LogP contribution in [0, 0.1) is 17.6 Å². The largest absolute Gasteiger partial charge is 0.455 e. The van der Waals surface area contributed by atoms with Crippen LogP contribution in [0.5, 0.6) is 0 Å². The fourth-order valence-electron chi connectivity index (χ4n) is 3.21. The van der Waals surface area contributed by atoms with Gasteiger partial charge in [0.15, 0.2) is 6.61 Å². The van der Waals surface area contributed by atoms with Crippen molar-refractivity contribution in [2.45, 2.75) is 12.8 Å². The lowest BCUT2D eigenvalue weighted by Crippen LogP contribution is -2.40. The highest BCUT2D eigenvalue weighted by Crippen LogP contribution is 2.20. The first kappa shape index (κ1) is 22.1. The average Bonchev–Trinajstić information content (AvgIpc) is 2.79. The van der Waals surface area contributed by atoms with Gasteiger partial charge in [-0.3, -0.25) is 14.4 Å². The highest BCUT2D eigenvalue weighted by Gasteiger charge is 2.28. The van der Waals surface area contributed by atoms with Gasteiger partial charge in [-0.05, 0) is 36.6 Å². The van der Waals surface area contributed by atoms with Crippen LogP contribution in [0.25, 0.3) is 6.08 Å². The zero-order valence-electron chi connectivity index (χ0n) is 16.7. The predicted molar refractivity (Wildman–Crippen MR) is 111 cm³/mol. The van der Waals surface area contributed by atoms with E-state index in [2.05, 4.69) is 5.32 Å². The lowest BCUT2D eigenvalue weighted by Gasteiger charge is -2.30. The molecule has 1 N–H and O–H groups in total. The molecule has 2 amide bonds. The number of benzene rings is 2. The number of ether oxygens (including phenoxy) is 1. The second kappa shape index (κ2) is 10.5. The van der Waals surface area contributed by atoms with Gasteiger partial charge in [0.2, 0.25) is 5.91 Å². The molecule has 2 aromatic rings. The Morgan fingerprint density at radius 3 is 2.48 bits per heavy atom. The van der Waals surface area contributed by atoms with Gasteiger partial charge in [-0.2, -0.15) is 0 Å². The Morgan fingerprint density at radius 2 is 1.77 bits per heavy atom. The summed E-state index contributed by atoms with van der Waals surface area (Å²) in [4.78, 5) is 38.0. The lowest BCUT2D eigenvalue weighted by atomic mass is 9.97. The van der Waals surface area contributed by atoms with Crippen molar-refractivity contribution in [3.63, 3.8) is 0 Å². The molecule has 0 unspecified atom stereocenters. The van der Waals surface area contributed by atoms with E-state index in [1.165, 1.54) is 6.08 Å². The molecule has 0 aromatic heterocycles. The minimum Gasteiger partial charge on any atom is -0.455 e. The van der Waals surface area contributed by atoms with Crippen molar-refractivity contribution in [2.24, 2.45) is 5.92 Å². The first-order valence-corrected chi connectivity index (χ1v) is 9.86. The van der Waals surface area contributed by atoms with Gasteiger partial charge in [0.05, 0.1) is 11.6 Å². The van der Waals surface area contributed by atoms with Crippen molar-refractivity contribution < 1.29 is 27.9 Å². The van der Waals surface area contributed by atoms with Gasteiger partial charge in [0, 0.05) is 25.2 Å². The molecule has 0 radical (unpaired) electrons. The van der Waals surface area contributed by atoms with Crippen molar-refractivity contribution in [2.75, 3.05) is 25.0 Å². The molecular weight excluding hydrogens is 406 g/mol. The molecule has 0 atom stereocenters. The molecular formula is C23H22F2N2O4. The lowest BCUT2D eigenvalue weighted by molar-refractivity contribution is -0.153. The van der Waals surface area contributed by atoms with E-state index in [4.69, 9.17) is 4.74 Å². The van der Waals surface area contributed by atoms with E-state index in [0.717, 1.165) is 23.8 Å². The van der Waals surface area contributed by atoms with Crippen LogP contribution < -0.4 is 5.32 Å². The number of rotatable bonds is 6. The second-order valence-corrected chi connectivity index (χ2v) is 7.12. The van der Waals surface area contributed by atoms with Crippen LogP contribution in [-0.2, 0) is 19.1 Å². The Kier molecular flexibility index (Phi) is 7.48. The van der Waals surface area contributed by atoms with E-state index < -0.39 is 36.0 Å². The quantitative estimate of drug-likeness (QED) is 0.565.